The zero-order valence-electron chi connectivity index (χ0n) is 16.2. The average molecular weight is 387 g/mol. The number of hydrogen-bond donors (Lipinski definition) is 4. The molecular weight excluding hydrogens is 362 g/mol. The average Bonchev–Trinajstić information content (AvgIpc) is 3.16. The standard InChI is InChI=1S/C24H25N3O2/c28-19-8-6-18(7-9-19)25-14-15-5-10-22-17(11-15)13-23(26-22)20-12-16-3-1-2-4-21(16)27-24(20)29/h1-5,10-13,18-19,25-26,28H,6-9,14H2,(H,27,29). The molecular formula is C24H25N3O2. The Bertz CT molecular complexity index is 1220. The van der Waals surface area contributed by atoms with Crippen LogP contribution in [0.1, 0.15) is 31.2 Å². The third-order valence-electron chi connectivity index (χ3n) is 6.02. The van der Waals surface area contributed by atoms with E-state index in [1.54, 1.807) is 0 Å². The summed E-state index contributed by atoms with van der Waals surface area (Å²) >= 11 is 0. The summed E-state index contributed by atoms with van der Waals surface area (Å²) in [6, 6.07) is 18.7. The molecule has 0 amide bonds. The van der Waals surface area contributed by atoms with Gasteiger partial charge in [0.05, 0.1) is 17.4 Å². The fourth-order valence-corrected chi connectivity index (χ4v) is 4.33. The Morgan fingerprint density at radius 3 is 2.55 bits per heavy atom. The smallest absolute Gasteiger partial charge is 0.257 e. The molecule has 5 rings (SSSR count). The minimum absolute atomic E-state index is 0.0865. The van der Waals surface area contributed by atoms with E-state index in [-0.39, 0.29) is 11.7 Å². The Labute approximate surface area is 168 Å². The zero-order chi connectivity index (χ0) is 19.8. The summed E-state index contributed by atoms with van der Waals surface area (Å²) in [6.07, 6.45) is 3.71. The van der Waals surface area contributed by atoms with Gasteiger partial charge in [0.25, 0.3) is 5.56 Å². The molecule has 148 valence electrons. The molecule has 0 radical (unpaired) electrons. The van der Waals surface area contributed by atoms with Crippen LogP contribution in [0.4, 0.5) is 0 Å². The van der Waals surface area contributed by atoms with Gasteiger partial charge in [-0.25, -0.2) is 0 Å². The molecule has 5 heteroatoms. The van der Waals surface area contributed by atoms with Crippen LogP contribution in [0.3, 0.4) is 0 Å². The molecule has 29 heavy (non-hydrogen) atoms. The molecule has 0 unspecified atom stereocenters. The highest BCUT2D eigenvalue weighted by molar-refractivity contribution is 5.89. The van der Waals surface area contributed by atoms with Gasteiger partial charge in [0.2, 0.25) is 0 Å². The summed E-state index contributed by atoms with van der Waals surface area (Å²) in [6.45, 7) is 0.813. The van der Waals surface area contributed by atoms with Crippen molar-refractivity contribution < 1.29 is 5.11 Å². The Kier molecular flexibility index (Phi) is 4.70. The monoisotopic (exact) mass is 387 g/mol. The summed E-state index contributed by atoms with van der Waals surface area (Å²) in [7, 11) is 0. The van der Waals surface area contributed by atoms with E-state index in [1.807, 2.05) is 30.3 Å². The summed E-state index contributed by atoms with van der Waals surface area (Å²) in [5.74, 6) is 0. The maximum atomic E-state index is 12.6. The third kappa shape index (κ3) is 3.71. The van der Waals surface area contributed by atoms with Gasteiger partial charge in [-0.15, -0.1) is 0 Å². The van der Waals surface area contributed by atoms with Crippen LogP contribution in [0.5, 0.6) is 0 Å². The van der Waals surface area contributed by atoms with Crippen LogP contribution < -0.4 is 10.9 Å². The second-order valence-electron chi connectivity index (χ2n) is 8.09. The van der Waals surface area contributed by atoms with Crippen molar-refractivity contribution in [3.63, 3.8) is 0 Å². The van der Waals surface area contributed by atoms with Crippen molar-refractivity contribution in [1.29, 1.82) is 0 Å². The number of aromatic nitrogens is 2. The lowest BCUT2D eigenvalue weighted by atomic mass is 9.93. The molecule has 1 aliphatic rings. The van der Waals surface area contributed by atoms with Gasteiger partial charge in [-0.3, -0.25) is 4.79 Å². The minimum Gasteiger partial charge on any atom is -0.393 e. The second-order valence-corrected chi connectivity index (χ2v) is 8.09. The number of benzene rings is 2. The van der Waals surface area contributed by atoms with Gasteiger partial charge >= 0.3 is 0 Å². The molecule has 2 aromatic carbocycles. The van der Waals surface area contributed by atoms with Crippen LogP contribution in [0.15, 0.2) is 59.4 Å². The van der Waals surface area contributed by atoms with Crippen molar-refractivity contribution in [2.75, 3.05) is 0 Å². The van der Waals surface area contributed by atoms with Crippen molar-refractivity contribution in [2.24, 2.45) is 0 Å². The Hall–Kier alpha value is -2.89. The predicted molar refractivity (Wildman–Crippen MR) is 117 cm³/mol. The topological polar surface area (TPSA) is 80.9 Å². The van der Waals surface area contributed by atoms with E-state index < -0.39 is 0 Å². The first-order valence-corrected chi connectivity index (χ1v) is 10.3. The molecule has 2 aromatic heterocycles. The van der Waals surface area contributed by atoms with Crippen LogP contribution in [0.25, 0.3) is 33.1 Å². The lowest BCUT2D eigenvalue weighted by molar-refractivity contribution is 0.116. The number of nitrogens with one attached hydrogen (secondary N) is 3. The van der Waals surface area contributed by atoms with Gasteiger partial charge < -0.3 is 20.4 Å². The first kappa shape index (κ1) is 18.2. The molecule has 0 atom stereocenters. The molecule has 0 spiro atoms. The normalized spacial score (nSPS) is 19.8. The molecule has 0 aliphatic heterocycles. The second kappa shape index (κ2) is 7.50. The first-order chi connectivity index (χ1) is 14.2. The first-order valence-electron chi connectivity index (χ1n) is 10.3. The fraction of sp³-hybridized carbons (Fsp3) is 0.292. The number of aliphatic hydroxyl groups excluding tert-OH is 1. The van der Waals surface area contributed by atoms with Gasteiger partial charge in [0.15, 0.2) is 0 Å². The van der Waals surface area contributed by atoms with E-state index in [0.29, 0.717) is 11.6 Å². The van der Waals surface area contributed by atoms with Crippen molar-refractivity contribution in [3.05, 3.63) is 70.5 Å². The fourth-order valence-electron chi connectivity index (χ4n) is 4.33. The SMILES string of the molecule is O=c1[nH]c2ccccc2cc1-c1cc2cc(CNC3CCC(O)CC3)ccc2[nH]1. The lowest BCUT2D eigenvalue weighted by Crippen LogP contribution is -2.34. The van der Waals surface area contributed by atoms with Gasteiger partial charge in [-0.2, -0.15) is 0 Å². The Balaban J connectivity index is 1.39. The van der Waals surface area contributed by atoms with Gasteiger partial charge in [0.1, 0.15) is 0 Å². The number of rotatable bonds is 4. The van der Waals surface area contributed by atoms with E-state index in [9.17, 15) is 9.90 Å². The molecule has 4 aromatic rings. The minimum atomic E-state index is -0.124. The largest absolute Gasteiger partial charge is 0.393 e. The summed E-state index contributed by atoms with van der Waals surface area (Å²) < 4.78 is 0. The maximum absolute atomic E-state index is 12.6. The molecule has 2 heterocycles. The van der Waals surface area contributed by atoms with Crippen LogP contribution in [-0.4, -0.2) is 27.2 Å². The van der Waals surface area contributed by atoms with Crippen molar-refractivity contribution >= 4 is 21.8 Å². The molecule has 1 aliphatic carbocycles. The lowest BCUT2D eigenvalue weighted by Gasteiger charge is -2.26. The highest BCUT2D eigenvalue weighted by Gasteiger charge is 2.18. The third-order valence-corrected chi connectivity index (χ3v) is 6.02. The van der Waals surface area contributed by atoms with E-state index in [1.165, 1.54) is 5.56 Å². The van der Waals surface area contributed by atoms with E-state index in [0.717, 1.165) is 59.7 Å². The summed E-state index contributed by atoms with van der Waals surface area (Å²) in [5, 5.41) is 15.4. The van der Waals surface area contributed by atoms with Crippen LogP contribution >= 0.6 is 0 Å². The van der Waals surface area contributed by atoms with E-state index in [4.69, 9.17) is 0 Å². The summed E-state index contributed by atoms with van der Waals surface area (Å²) in [5.41, 5.74) is 4.50. The van der Waals surface area contributed by atoms with Crippen molar-refractivity contribution in [2.45, 2.75) is 44.4 Å². The van der Waals surface area contributed by atoms with Crippen LogP contribution in [0, 0.1) is 0 Å². The number of aliphatic hydroxyl groups is 1. The van der Waals surface area contributed by atoms with E-state index >= 15 is 0 Å². The Morgan fingerprint density at radius 1 is 0.897 bits per heavy atom. The van der Waals surface area contributed by atoms with Crippen LogP contribution in [0.2, 0.25) is 0 Å². The number of pyridine rings is 1. The maximum Gasteiger partial charge on any atom is 0.257 e. The number of aromatic amines is 2. The van der Waals surface area contributed by atoms with Gasteiger partial charge in [-0.1, -0.05) is 24.3 Å². The molecule has 1 fully saturated rings. The molecule has 0 bridgehead atoms. The number of H-pyrrole nitrogens is 2. The molecule has 4 N–H and O–H groups in total. The highest BCUT2D eigenvalue weighted by atomic mass is 16.3. The summed E-state index contributed by atoms with van der Waals surface area (Å²) in [4.78, 5) is 18.9. The number of para-hydroxylation sites is 1. The number of hydrogen-bond acceptors (Lipinski definition) is 3. The Morgan fingerprint density at radius 2 is 1.69 bits per heavy atom. The van der Waals surface area contributed by atoms with Gasteiger partial charge in [-0.05, 0) is 67.0 Å². The molecule has 5 nitrogen and oxygen atoms in total. The zero-order valence-corrected chi connectivity index (χ0v) is 16.2. The highest BCUT2D eigenvalue weighted by Crippen LogP contribution is 2.25. The van der Waals surface area contributed by atoms with Crippen molar-refractivity contribution in [3.8, 4) is 11.3 Å². The molecule has 0 saturated heterocycles. The van der Waals surface area contributed by atoms with Crippen molar-refractivity contribution in [1.82, 2.24) is 15.3 Å². The quantitative estimate of drug-likeness (QED) is 0.426. The van der Waals surface area contributed by atoms with Gasteiger partial charge in [0, 0.05) is 29.0 Å². The number of fused-ring (bicyclic) bond motifs is 2. The van der Waals surface area contributed by atoms with E-state index in [2.05, 4.69) is 39.6 Å². The predicted octanol–water partition coefficient (Wildman–Crippen LogP) is 4.07. The molecule has 1 saturated carbocycles. The van der Waals surface area contributed by atoms with Crippen LogP contribution in [-0.2, 0) is 6.54 Å².